The van der Waals surface area contributed by atoms with E-state index in [4.69, 9.17) is 21.3 Å². The second-order valence-electron chi connectivity index (χ2n) is 6.23. The Morgan fingerprint density at radius 2 is 1.62 bits per heavy atom. The number of hydrogen-bond donors (Lipinski definition) is 1. The highest BCUT2D eigenvalue weighted by atomic mass is 35.5. The number of amides is 1. The molecule has 0 saturated heterocycles. The highest BCUT2D eigenvalue weighted by Gasteiger charge is 2.19. The number of halogens is 1. The fraction of sp³-hybridized carbons (Fsp3) is 0.0435. The van der Waals surface area contributed by atoms with Gasteiger partial charge in [0.1, 0.15) is 5.75 Å². The molecule has 1 N–H and O–H groups in total. The van der Waals surface area contributed by atoms with Crippen LogP contribution in [0.15, 0.2) is 78.9 Å². The molecule has 0 aliphatic carbocycles. The van der Waals surface area contributed by atoms with Crippen LogP contribution in [0.3, 0.4) is 0 Å². The van der Waals surface area contributed by atoms with Gasteiger partial charge in [-0.05, 0) is 23.8 Å². The summed E-state index contributed by atoms with van der Waals surface area (Å²) in [7, 11) is 1.52. The van der Waals surface area contributed by atoms with Gasteiger partial charge in [-0.3, -0.25) is 10.1 Å². The second-order valence-corrected chi connectivity index (χ2v) is 7.66. The Bertz CT molecular complexity index is 1090. The van der Waals surface area contributed by atoms with Crippen molar-refractivity contribution in [2.75, 3.05) is 12.4 Å². The molecule has 3 aromatic carbocycles. The Morgan fingerprint density at radius 3 is 2.28 bits per heavy atom. The molecular formula is C23H17ClN2O2S. The first-order chi connectivity index (χ1) is 14.2. The van der Waals surface area contributed by atoms with Gasteiger partial charge in [0, 0.05) is 10.6 Å². The van der Waals surface area contributed by atoms with E-state index in [1.54, 1.807) is 18.2 Å². The fourth-order valence-electron chi connectivity index (χ4n) is 2.97. The largest absolute Gasteiger partial charge is 0.496 e. The number of anilines is 1. The van der Waals surface area contributed by atoms with Crippen molar-refractivity contribution < 1.29 is 9.53 Å². The van der Waals surface area contributed by atoms with E-state index in [9.17, 15) is 4.79 Å². The summed E-state index contributed by atoms with van der Waals surface area (Å²) < 4.78 is 5.29. The molecule has 0 saturated carbocycles. The van der Waals surface area contributed by atoms with Crippen LogP contribution in [0.2, 0.25) is 5.02 Å². The molecular weight excluding hydrogens is 404 g/mol. The van der Waals surface area contributed by atoms with Gasteiger partial charge in [0.2, 0.25) is 0 Å². The predicted molar refractivity (Wildman–Crippen MR) is 119 cm³/mol. The Hall–Kier alpha value is -3.15. The summed E-state index contributed by atoms with van der Waals surface area (Å²) >= 11 is 7.49. The Balaban J connectivity index is 1.73. The average molecular weight is 421 g/mol. The minimum atomic E-state index is -0.322. The molecule has 0 aliphatic rings. The minimum absolute atomic E-state index is 0.322. The summed E-state index contributed by atoms with van der Waals surface area (Å²) in [6.07, 6.45) is 0. The molecule has 4 aromatic rings. The number of benzene rings is 3. The number of nitrogens with zero attached hydrogens (tertiary/aromatic N) is 1. The van der Waals surface area contributed by atoms with Gasteiger partial charge in [-0.1, -0.05) is 83.6 Å². The van der Waals surface area contributed by atoms with E-state index in [0.717, 1.165) is 21.7 Å². The van der Waals surface area contributed by atoms with E-state index in [1.807, 2.05) is 60.7 Å². The maximum absolute atomic E-state index is 12.9. The van der Waals surface area contributed by atoms with Gasteiger partial charge in [0.25, 0.3) is 5.91 Å². The molecule has 4 rings (SSSR count). The van der Waals surface area contributed by atoms with Crippen molar-refractivity contribution >= 4 is 34.0 Å². The number of aromatic nitrogens is 1. The average Bonchev–Trinajstić information content (AvgIpc) is 3.18. The first-order valence-electron chi connectivity index (χ1n) is 8.92. The number of ether oxygens (including phenoxy) is 1. The Labute approximate surface area is 177 Å². The lowest BCUT2D eigenvalue weighted by Gasteiger charge is -2.08. The van der Waals surface area contributed by atoms with E-state index in [2.05, 4.69) is 5.32 Å². The van der Waals surface area contributed by atoms with Crippen molar-refractivity contribution in [3.8, 4) is 27.4 Å². The smallest absolute Gasteiger partial charge is 0.261 e. The van der Waals surface area contributed by atoms with E-state index >= 15 is 0 Å². The van der Waals surface area contributed by atoms with Crippen molar-refractivity contribution in [2.45, 2.75) is 0 Å². The summed E-state index contributed by atoms with van der Waals surface area (Å²) in [5.41, 5.74) is 3.22. The Morgan fingerprint density at radius 1 is 0.966 bits per heavy atom. The highest BCUT2D eigenvalue weighted by molar-refractivity contribution is 7.19. The molecule has 0 spiro atoms. The van der Waals surface area contributed by atoms with Crippen LogP contribution >= 0.6 is 22.9 Å². The number of carbonyl (C=O) groups excluding carboxylic acids is 1. The first-order valence-corrected chi connectivity index (χ1v) is 10.1. The molecule has 0 bridgehead atoms. The summed E-state index contributed by atoms with van der Waals surface area (Å²) in [5, 5.41) is 3.86. The van der Waals surface area contributed by atoms with Crippen molar-refractivity contribution in [1.29, 1.82) is 0 Å². The van der Waals surface area contributed by atoms with Gasteiger partial charge in [-0.2, -0.15) is 0 Å². The maximum atomic E-state index is 12.9. The predicted octanol–water partition coefficient (Wildman–Crippen LogP) is 6.39. The molecule has 1 amide bonds. The third-order valence-corrected chi connectivity index (χ3v) is 5.59. The SMILES string of the molecule is COc1ccc(Cl)cc1C(=O)Nc1nc(-c2ccccc2)c(-c2ccccc2)s1. The number of methoxy groups -OCH3 is 1. The molecule has 0 aliphatic heterocycles. The molecule has 4 nitrogen and oxygen atoms in total. The molecule has 1 aromatic heterocycles. The lowest BCUT2D eigenvalue weighted by Crippen LogP contribution is -2.13. The number of nitrogens with one attached hydrogen (secondary N) is 1. The first kappa shape index (κ1) is 19.2. The van der Waals surface area contributed by atoms with E-state index in [1.165, 1.54) is 18.4 Å². The third kappa shape index (κ3) is 4.16. The molecule has 1 heterocycles. The minimum Gasteiger partial charge on any atom is -0.496 e. The van der Waals surface area contributed by atoms with Gasteiger partial charge in [-0.15, -0.1) is 0 Å². The van der Waals surface area contributed by atoms with Gasteiger partial charge in [0.05, 0.1) is 23.2 Å². The molecule has 0 fully saturated rings. The molecule has 0 unspecified atom stereocenters. The van der Waals surface area contributed by atoms with E-state index in [0.29, 0.717) is 21.5 Å². The summed E-state index contributed by atoms with van der Waals surface area (Å²) in [6.45, 7) is 0. The Kier molecular flexibility index (Phi) is 5.60. The fourth-order valence-corrected chi connectivity index (χ4v) is 4.13. The third-order valence-electron chi connectivity index (χ3n) is 4.34. The summed E-state index contributed by atoms with van der Waals surface area (Å²) in [4.78, 5) is 18.6. The van der Waals surface area contributed by atoms with Crippen LogP contribution < -0.4 is 10.1 Å². The van der Waals surface area contributed by atoms with Gasteiger partial charge < -0.3 is 4.74 Å². The van der Waals surface area contributed by atoms with Crippen LogP contribution in [0, 0.1) is 0 Å². The van der Waals surface area contributed by atoms with Crippen LogP contribution in [0.5, 0.6) is 5.75 Å². The number of thiazole rings is 1. The zero-order chi connectivity index (χ0) is 20.2. The quantitative estimate of drug-likeness (QED) is 0.407. The molecule has 6 heteroatoms. The van der Waals surface area contributed by atoms with Crippen molar-refractivity contribution in [3.05, 3.63) is 89.4 Å². The summed E-state index contributed by atoms with van der Waals surface area (Å²) in [6, 6.07) is 24.9. The van der Waals surface area contributed by atoms with Crippen LogP contribution in [0.1, 0.15) is 10.4 Å². The highest BCUT2D eigenvalue weighted by Crippen LogP contribution is 2.39. The van der Waals surface area contributed by atoms with Crippen LogP contribution in [-0.2, 0) is 0 Å². The van der Waals surface area contributed by atoms with Crippen LogP contribution in [-0.4, -0.2) is 18.0 Å². The molecule has 144 valence electrons. The van der Waals surface area contributed by atoms with E-state index < -0.39 is 0 Å². The lowest BCUT2D eigenvalue weighted by atomic mass is 10.1. The topological polar surface area (TPSA) is 51.2 Å². The van der Waals surface area contributed by atoms with Gasteiger partial charge >= 0.3 is 0 Å². The zero-order valence-electron chi connectivity index (χ0n) is 15.6. The monoisotopic (exact) mass is 420 g/mol. The number of carbonyl (C=O) groups is 1. The second kappa shape index (κ2) is 8.47. The van der Waals surface area contributed by atoms with Gasteiger partial charge in [-0.25, -0.2) is 4.98 Å². The van der Waals surface area contributed by atoms with Gasteiger partial charge in [0.15, 0.2) is 5.13 Å². The van der Waals surface area contributed by atoms with Crippen molar-refractivity contribution in [3.63, 3.8) is 0 Å². The number of hydrogen-bond acceptors (Lipinski definition) is 4. The standard InChI is InChI=1S/C23H17ClN2O2S/c1-28-19-13-12-17(24)14-18(19)22(27)26-23-25-20(15-8-4-2-5-9-15)21(29-23)16-10-6-3-7-11-16/h2-14H,1H3,(H,25,26,27). The molecule has 29 heavy (non-hydrogen) atoms. The van der Waals surface area contributed by atoms with Crippen molar-refractivity contribution in [2.24, 2.45) is 0 Å². The maximum Gasteiger partial charge on any atom is 0.261 e. The number of rotatable bonds is 5. The lowest BCUT2D eigenvalue weighted by molar-refractivity contribution is 0.102. The zero-order valence-corrected chi connectivity index (χ0v) is 17.1. The van der Waals surface area contributed by atoms with Crippen molar-refractivity contribution in [1.82, 2.24) is 4.98 Å². The normalized spacial score (nSPS) is 10.6. The van der Waals surface area contributed by atoms with Crippen LogP contribution in [0.25, 0.3) is 21.7 Å². The molecule has 0 atom stereocenters. The van der Waals surface area contributed by atoms with Crippen LogP contribution in [0.4, 0.5) is 5.13 Å². The molecule has 0 radical (unpaired) electrons. The van der Waals surface area contributed by atoms with E-state index in [-0.39, 0.29) is 5.91 Å². The summed E-state index contributed by atoms with van der Waals surface area (Å²) in [5.74, 6) is 0.132.